The van der Waals surface area contributed by atoms with Gasteiger partial charge in [0.25, 0.3) is 0 Å². The quantitative estimate of drug-likeness (QED) is 0.373. The van der Waals surface area contributed by atoms with Gasteiger partial charge in [-0.2, -0.15) is 6.42 Å². The van der Waals surface area contributed by atoms with Crippen molar-refractivity contribution in [1.29, 1.82) is 0 Å². The van der Waals surface area contributed by atoms with Crippen molar-refractivity contribution in [3.63, 3.8) is 0 Å². The average molecular weight is 422 g/mol. The van der Waals surface area contributed by atoms with Gasteiger partial charge in [-0.1, -0.05) is 30.3 Å². The van der Waals surface area contributed by atoms with Crippen LogP contribution in [0.3, 0.4) is 0 Å². The molecular weight excluding hydrogens is 400 g/mol. The maximum absolute atomic E-state index is 10.2. The molecule has 0 heterocycles. The summed E-state index contributed by atoms with van der Waals surface area (Å²) in [5, 5.41) is 0. The molecule has 1 unspecified atom stereocenters. The molecule has 0 aromatic carbocycles. The van der Waals surface area contributed by atoms with E-state index >= 15 is 0 Å². The molecule has 1 atom stereocenters. The van der Waals surface area contributed by atoms with E-state index in [0.29, 0.717) is 31.0 Å². The van der Waals surface area contributed by atoms with Crippen LogP contribution in [0.15, 0.2) is 0 Å². The summed E-state index contributed by atoms with van der Waals surface area (Å²) < 4.78 is 0. The first-order valence-electron chi connectivity index (χ1n) is 5.50. The molecule has 0 saturated carbocycles. The van der Waals surface area contributed by atoms with E-state index in [9.17, 15) is 9.59 Å². The van der Waals surface area contributed by atoms with Crippen molar-refractivity contribution in [2.75, 3.05) is 11.8 Å². The molecule has 0 bridgehead atoms. The number of halogens is 3. The zero-order chi connectivity index (χ0) is 15.0. The minimum atomic E-state index is -0.356. The molecule has 8 heteroatoms. The number of carbonyl (C=O) groups excluding carboxylic acids is 2. The molecule has 0 aliphatic rings. The Kier molecular flexibility index (Phi) is 46.6. The molecule has 0 aromatic heterocycles. The maximum Gasteiger partial charge on any atom is 0.169 e. The summed E-state index contributed by atoms with van der Waals surface area (Å²) in [7, 11) is 9.66. The summed E-state index contributed by atoms with van der Waals surface area (Å²) in [4.78, 5) is 19.9. The second kappa shape index (κ2) is 28.3. The van der Waals surface area contributed by atoms with Gasteiger partial charge in [0.15, 0.2) is 15.7 Å². The second-order valence-electron chi connectivity index (χ2n) is 3.11. The normalized spacial score (nSPS) is 9.25. The van der Waals surface area contributed by atoms with Crippen LogP contribution in [0.4, 0.5) is 0 Å². The summed E-state index contributed by atoms with van der Waals surface area (Å²) in [6.07, 6.45) is 2.69. The average Bonchev–Trinajstić information content (AvgIpc) is 2.28. The molecule has 0 aliphatic heterocycles. The Morgan fingerprint density at radius 3 is 1.75 bits per heavy atom. The van der Waals surface area contributed by atoms with Gasteiger partial charge in [0.05, 0.1) is 16.2 Å². The van der Waals surface area contributed by atoms with Gasteiger partial charge in [-0.3, -0.25) is 0 Å². The molecular formula is C12H22B2BrCl2O2V-. The van der Waals surface area contributed by atoms with Crippen molar-refractivity contribution in [3.8, 4) is 0 Å². The molecule has 115 valence electrons. The molecule has 0 N–H and O–H groups in total. The van der Waals surface area contributed by atoms with Gasteiger partial charge in [0.1, 0.15) is 0 Å². The summed E-state index contributed by atoms with van der Waals surface area (Å²) in [5.41, 5.74) is -0.633. The maximum atomic E-state index is 10.2. The van der Waals surface area contributed by atoms with E-state index in [-0.39, 0.29) is 42.2 Å². The van der Waals surface area contributed by atoms with Crippen LogP contribution in [0.1, 0.15) is 40.0 Å². The molecule has 0 fully saturated rings. The van der Waals surface area contributed by atoms with Crippen molar-refractivity contribution in [2.24, 2.45) is 0 Å². The van der Waals surface area contributed by atoms with E-state index in [1.165, 1.54) is 0 Å². The number of rotatable bonds is 6. The second-order valence-corrected chi connectivity index (χ2v) is 4.97. The standard InChI is InChI=1S/C4H5BBrClO.C4H6BClO.C3H7.CH4.V/c5-4(8)3(6)1-2-7;5-4(7)2-1-3-6;1-3-2;;/h3H,1-2H2;1-3H2;1,3H2,2H3;1H4;/q;;-1;;. The first-order valence-corrected chi connectivity index (χ1v) is 7.48. The minimum absolute atomic E-state index is 0. The van der Waals surface area contributed by atoms with Crippen LogP contribution in [-0.4, -0.2) is 43.6 Å². The van der Waals surface area contributed by atoms with Gasteiger partial charge < -0.3 is 16.5 Å². The number of alkyl halides is 3. The Bertz CT molecular complexity index is 214. The Labute approximate surface area is 157 Å². The van der Waals surface area contributed by atoms with Crippen molar-refractivity contribution in [1.82, 2.24) is 0 Å². The third kappa shape index (κ3) is 42.7. The Morgan fingerprint density at radius 1 is 1.25 bits per heavy atom. The van der Waals surface area contributed by atoms with E-state index in [1.807, 2.05) is 6.92 Å². The van der Waals surface area contributed by atoms with Crippen molar-refractivity contribution < 1.29 is 28.1 Å². The monoisotopic (exact) mass is 420 g/mol. The van der Waals surface area contributed by atoms with Crippen molar-refractivity contribution in [2.45, 2.75) is 44.9 Å². The molecule has 0 rings (SSSR count). The Hall–Kier alpha value is 1.11. The van der Waals surface area contributed by atoms with E-state index < -0.39 is 0 Å². The van der Waals surface area contributed by atoms with Crippen LogP contribution in [0.5, 0.6) is 0 Å². The first kappa shape index (κ1) is 32.9. The van der Waals surface area contributed by atoms with E-state index in [1.54, 1.807) is 0 Å². The van der Waals surface area contributed by atoms with Crippen molar-refractivity contribution >= 4 is 66.2 Å². The molecule has 0 aliphatic carbocycles. The molecule has 2 nitrogen and oxygen atoms in total. The predicted molar refractivity (Wildman–Crippen MR) is 91.9 cm³/mol. The van der Waals surface area contributed by atoms with Gasteiger partial charge in [-0.25, -0.2) is 0 Å². The zero-order valence-corrected chi connectivity index (χ0v) is 15.6. The molecule has 0 spiro atoms. The largest absolute Gasteiger partial charge is 0.344 e. The number of hydrogen-bond donors (Lipinski definition) is 0. The van der Waals surface area contributed by atoms with Crippen molar-refractivity contribution in [3.05, 3.63) is 6.92 Å². The first-order chi connectivity index (χ1) is 8.37. The summed E-state index contributed by atoms with van der Waals surface area (Å²) >= 11 is 13.6. The summed E-state index contributed by atoms with van der Waals surface area (Å²) in [5.74, 6) is 0.974. The summed E-state index contributed by atoms with van der Waals surface area (Å²) in [6, 6.07) is 0. The van der Waals surface area contributed by atoms with Gasteiger partial charge in [0, 0.05) is 30.3 Å². The van der Waals surface area contributed by atoms with Crippen LogP contribution in [0, 0.1) is 6.92 Å². The Balaban J connectivity index is -0.0000000581. The molecule has 0 saturated heterocycles. The topological polar surface area (TPSA) is 34.1 Å². The van der Waals surface area contributed by atoms with E-state index in [0.717, 1.165) is 6.42 Å². The smallest absolute Gasteiger partial charge is 0.169 e. The van der Waals surface area contributed by atoms with Crippen LogP contribution >= 0.6 is 39.1 Å². The number of carbonyl (C=O) groups is 2. The molecule has 0 amide bonds. The Morgan fingerprint density at radius 2 is 1.65 bits per heavy atom. The minimum Gasteiger partial charge on any atom is -0.344 e. The summed E-state index contributed by atoms with van der Waals surface area (Å²) in [6.45, 7) is 5.50. The van der Waals surface area contributed by atoms with Gasteiger partial charge in [-0.05, 0) is 19.3 Å². The van der Waals surface area contributed by atoms with Crippen LogP contribution < -0.4 is 0 Å². The fourth-order valence-electron chi connectivity index (χ4n) is 0.479. The third-order valence-electron chi connectivity index (χ3n) is 1.23. The SMILES string of the molecule is C.[B]C(=O)C(Br)CCCl.[B]C(=O)CCCCl.[CH2-]CC.[V]. The fraction of sp³-hybridized carbons (Fsp3) is 0.750. The van der Waals surface area contributed by atoms with Crippen LogP contribution in [-0.2, 0) is 28.1 Å². The fourth-order valence-corrected chi connectivity index (χ4v) is 1.32. The third-order valence-corrected chi connectivity index (χ3v) is 2.62. The van der Waals surface area contributed by atoms with E-state index in [2.05, 4.69) is 22.9 Å². The number of hydrogen-bond acceptors (Lipinski definition) is 2. The van der Waals surface area contributed by atoms with Gasteiger partial charge in [-0.15, -0.1) is 23.2 Å². The zero-order valence-electron chi connectivity index (χ0n) is 11.1. The van der Waals surface area contributed by atoms with Crippen LogP contribution in [0.25, 0.3) is 0 Å². The van der Waals surface area contributed by atoms with Gasteiger partial charge in [0.2, 0.25) is 0 Å². The van der Waals surface area contributed by atoms with Gasteiger partial charge >= 0.3 is 0 Å². The predicted octanol–water partition coefficient (Wildman–Crippen LogP) is 3.64. The molecule has 20 heavy (non-hydrogen) atoms. The van der Waals surface area contributed by atoms with E-state index in [4.69, 9.17) is 38.9 Å². The molecule has 0 aromatic rings. The molecule has 5 radical (unpaired) electrons. The van der Waals surface area contributed by atoms with Crippen LogP contribution in [0.2, 0.25) is 0 Å².